The lowest BCUT2D eigenvalue weighted by molar-refractivity contribution is 0.0600. The highest BCUT2D eigenvalue weighted by atomic mass is 32.1. The summed E-state index contributed by atoms with van der Waals surface area (Å²) in [6, 6.07) is 16.9. The lowest BCUT2D eigenvalue weighted by atomic mass is 10.1. The summed E-state index contributed by atoms with van der Waals surface area (Å²) in [5.41, 5.74) is 1.62. The van der Waals surface area contributed by atoms with Crippen molar-refractivity contribution >= 4 is 40.5 Å². The highest BCUT2D eigenvalue weighted by molar-refractivity contribution is 7.12. The topological polar surface area (TPSA) is 75.7 Å². The van der Waals surface area contributed by atoms with Crippen molar-refractivity contribution in [2.75, 3.05) is 24.4 Å². The van der Waals surface area contributed by atoms with Crippen LogP contribution in [-0.2, 0) is 4.74 Å². The van der Waals surface area contributed by atoms with Crippen LogP contribution in [0.2, 0.25) is 0 Å². The third-order valence-corrected chi connectivity index (χ3v) is 4.95. The van der Waals surface area contributed by atoms with Crippen LogP contribution >= 0.6 is 11.3 Å². The Bertz CT molecular complexity index is 1010. The van der Waals surface area contributed by atoms with Crippen LogP contribution in [0.5, 0.6) is 0 Å². The monoisotopic (exact) mass is 394 g/mol. The van der Waals surface area contributed by atoms with Crippen molar-refractivity contribution in [3.8, 4) is 0 Å². The quantitative estimate of drug-likeness (QED) is 0.662. The molecule has 142 valence electrons. The number of hydrogen-bond donors (Lipinski definition) is 1. The molecule has 0 unspecified atom stereocenters. The van der Waals surface area contributed by atoms with E-state index in [9.17, 15) is 14.4 Å². The van der Waals surface area contributed by atoms with Gasteiger partial charge in [0.15, 0.2) is 0 Å². The van der Waals surface area contributed by atoms with Gasteiger partial charge in [0.25, 0.3) is 11.8 Å². The van der Waals surface area contributed by atoms with Gasteiger partial charge in [-0.15, -0.1) is 11.3 Å². The predicted molar refractivity (Wildman–Crippen MR) is 109 cm³/mol. The molecular formula is C21H18N2O4S. The van der Waals surface area contributed by atoms with E-state index in [1.807, 2.05) is 5.38 Å². The molecule has 6 nitrogen and oxygen atoms in total. The first-order valence-electron chi connectivity index (χ1n) is 8.41. The number of rotatable bonds is 5. The summed E-state index contributed by atoms with van der Waals surface area (Å²) in [7, 11) is 2.93. The molecule has 3 aromatic rings. The third kappa shape index (κ3) is 4.10. The first-order chi connectivity index (χ1) is 13.5. The molecule has 0 atom stereocenters. The number of benzene rings is 2. The molecular weight excluding hydrogens is 376 g/mol. The molecule has 7 heteroatoms. The van der Waals surface area contributed by atoms with E-state index in [0.29, 0.717) is 27.4 Å². The molecule has 1 aromatic heterocycles. The van der Waals surface area contributed by atoms with Gasteiger partial charge in [-0.25, -0.2) is 4.79 Å². The van der Waals surface area contributed by atoms with Crippen LogP contribution in [0.3, 0.4) is 0 Å². The number of methoxy groups -OCH3 is 1. The van der Waals surface area contributed by atoms with Crippen molar-refractivity contribution in [3.05, 3.63) is 82.0 Å². The number of hydrogen-bond acceptors (Lipinski definition) is 5. The number of thiophene rings is 1. The Morgan fingerprint density at radius 2 is 1.79 bits per heavy atom. The number of ether oxygens (including phenoxy) is 1. The second kappa shape index (κ2) is 8.49. The number of para-hydroxylation sites is 1. The number of carbonyl (C=O) groups is 3. The van der Waals surface area contributed by atoms with Crippen molar-refractivity contribution in [1.29, 1.82) is 0 Å². The molecule has 0 saturated heterocycles. The highest BCUT2D eigenvalue weighted by Crippen LogP contribution is 2.24. The Hall–Kier alpha value is -3.45. The van der Waals surface area contributed by atoms with Gasteiger partial charge < -0.3 is 15.0 Å². The Morgan fingerprint density at radius 1 is 1.00 bits per heavy atom. The summed E-state index contributed by atoms with van der Waals surface area (Å²) >= 11 is 1.34. The molecule has 0 radical (unpaired) electrons. The number of nitrogens with one attached hydrogen (secondary N) is 1. The largest absolute Gasteiger partial charge is 0.465 e. The highest BCUT2D eigenvalue weighted by Gasteiger charge is 2.20. The Kier molecular flexibility index (Phi) is 5.86. The van der Waals surface area contributed by atoms with E-state index in [1.165, 1.54) is 29.4 Å². The van der Waals surface area contributed by atoms with Gasteiger partial charge >= 0.3 is 5.97 Å². The second-order valence-electron chi connectivity index (χ2n) is 5.89. The molecule has 0 spiro atoms. The third-order valence-electron chi connectivity index (χ3n) is 4.09. The van der Waals surface area contributed by atoms with E-state index in [1.54, 1.807) is 61.6 Å². The maximum Gasteiger partial charge on any atom is 0.337 e. The summed E-state index contributed by atoms with van der Waals surface area (Å²) in [6.07, 6.45) is 0. The summed E-state index contributed by atoms with van der Waals surface area (Å²) in [5.74, 6) is -1.07. The zero-order valence-corrected chi connectivity index (χ0v) is 16.2. The van der Waals surface area contributed by atoms with Crippen molar-refractivity contribution in [1.82, 2.24) is 0 Å². The maximum absolute atomic E-state index is 12.8. The molecule has 0 aliphatic heterocycles. The van der Waals surface area contributed by atoms with Crippen LogP contribution in [0, 0.1) is 0 Å². The zero-order chi connectivity index (χ0) is 20.1. The van der Waals surface area contributed by atoms with Crippen LogP contribution in [0.15, 0.2) is 66.0 Å². The van der Waals surface area contributed by atoms with Crippen LogP contribution in [-0.4, -0.2) is 31.9 Å². The van der Waals surface area contributed by atoms with Gasteiger partial charge in [-0.2, -0.15) is 0 Å². The van der Waals surface area contributed by atoms with E-state index in [0.717, 1.165) is 0 Å². The van der Waals surface area contributed by atoms with Gasteiger partial charge in [0.1, 0.15) is 0 Å². The van der Waals surface area contributed by atoms with E-state index >= 15 is 0 Å². The van der Waals surface area contributed by atoms with Crippen molar-refractivity contribution < 1.29 is 19.1 Å². The summed E-state index contributed by atoms with van der Waals surface area (Å²) in [5, 5.41) is 4.59. The minimum absolute atomic E-state index is 0.192. The SMILES string of the molecule is COC(=O)c1cccc(NC(=O)c2ccccc2N(C)C(=O)c2cccs2)c1. The number of nitrogens with zero attached hydrogens (tertiary/aromatic N) is 1. The van der Waals surface area contributed by atoms with Gasteiger partial charge in [0, 0.05) is 12.7 Å². The van der Waals surface area contributed by atoms with Crippen molar-refractivity contribution in [2.45, 2.75) is 0 Å². The molecule has 1 heterocycles. The minimum Gasteiger partial charge on any atom is -0.465 e. The Morgan fingerprint density at radius 3 is 2.50 bits per heavy atom. The van der Waals surface area contributed by atoms with Gasteiger partial charge in [0.2, 0.25) is 0 Å². The van der Waals surface area contributed by atoms with Crippen LogP contribution in [0.1, 0.15) is 30.4 Å². The van der Waals surface area contributed by atoms with Crippen molar-refractivity contribution in [3.63, 3.8) is 0 Å². The fourth-order valence-corrected chi connectivity index (χ4v) is 3.37. The van der Waals surface area contributed by atoms with Crippen LogP contribution in [0.4, 0.5) is 11.4 Å². The van der Waals surface area contributed by atoms with Gasteiger partial charge in [-0.3, -0.25) is 9.59 Å². The molecule has 0 aliphatic carbocycles. The normalized spacial score (nSPS) is 10.2. The summed E-state index contributed by atoms with van der Waals surface area (Å²) in [4.78, 5) is 39.2. The summed E-state index contributed by atoms with van der Waals surface area (Å²) < 4.78 is 4.70. The number of carbonyl (C=O) groups excluding carboxylic acids is 3. The standard InChI is InChI=1S/C21H18N2O4S/c1-23(20(25)18-11-6-12-28-18)17-10-4-3-9-16(17)19(24)22-15-8-5-7-14(13-15)21(26)27-2/h3-13H,1-2H3,(H,22,24). The molecule has 2 amide bonds. The van der Waals surface area contributed by atoms with E-state index in [4.69, 9.17) is 4.74 Å². The molecule has 0 saturated carbocycles. The average Bonchev–Trinajstić information content (AvgIpc) is 3.27. The fraction of sp³-hybridized carbons (Fsp3) is 0.0952. The smallest absolute Gasteiger partial charge is 0.337 e. The lowest BCUT2D eigenvalue weighted by Crippen LogP contribution is -2.28. The van der Waals surface area contributed by atoms with Crippen LogP contribution in [0.25, 0.3) is 0 Å². The van der Waals surface area contributed by atoms with Gasteiger partial charge in [-0.05, 0) is 41.8 Å². The molecule has 3 rings (SSSR count). The zero-order valence-electron chi connectivity index (χ0n) is 15.3. The fourth-order valence-electron chi connectivity index (χ4n) is 2.67. The molecule has 0 bridgehead atoms. The molecule has 1 N–H and O–H groups in total. The first kappa shape index (κ1) is 19.3. The van der Waals surface area contributed by atoms with E-state index < -0.39 is 5.97 Å². The molecule has 2 aromatic carbocycles. The maximum atomic E-state index is 12.8. The van der Waals surface area contributed by atoms with E-state index in [-0.39, 0.29) is 11.8 Å². The molecule has 0 fully saturated rings. The first-order valence-corrected chi connectivity index (χ1v) is 9.29. The van der Waals surface area contributed by atoms with Gasteiger partial charge in [-0.1, -0.05) is 24.3 Å². The lowest BCUT2D eigenvalue weighted by Gasteiger charge is -2.20. The number of esters is 1. The summed E-state index contributed by atoms with van der Waals surface area (Å²) in [6.45, 7) is 0. The minimum atomic E-state index is -0.488. The molecule has 0 aliphatic rings. The average molecular weight is 394 g/mol. The Balaban J connectivity index is 1.85. The predicted octanol–water partition coefficient (Wildman–Crippen LogP) is 4.06. The van der Waals surface area contributed by atoms with E-state index in [2.05, 4.69) is 5.32 Å². The van der Waals surface area contributed by atoms with Crippen molar-refractivity contribution in [2.24, 2.45) is 0 Å². The Labute approximate surface area is 166 Å². The number of amides is 2. The van der Waals surface area contributed by atoms with Crippen LogP contribution < -0.4 is 10.2 Å². The second-order valence-corrected chi connectivity index (χ2v) is 6.83. The molecule has 28 heavy (non-hydrogen) atoms. The van der Waals surface area contributed by atoms with Gasteiger partial charge in [0.05, 0.1) is 28.8 Å². The number of anilines is 2.